The third kappa shape index (κ3) is 1.52. The van der Waals surface area contributed by atoms with Crippen LogP contribution < -0.4 is 0 Å². The number of aliphatic hydroxyl groups excluding tert-OH is 1. The highest BCUT2D eigenvalue weighted by Gasteiger charge is 2.24. The summed E-state index contributed by atoms with van der Waals surface area (Å²) in [5.41, 5.74) is 4.60. The zero-order chi connectivity index (χ0) is 12.8. The average molecular weight is 246 g/mol. The fourth-order valence-corrected chi connectivity index (χ4v) is 3.14. The molecule has 1 nitrogen and oxygen atoms in total. The van der Waals surface area contributed by atoms with E-state index in [-0.39, 0.29) is 0 Å². The first-order chi connectivity index (χ1) is 9.34. The molecule has 0 radical (unpaired) electrons. The first kappa shape index (κ1) is 10.8. The summed E-state index contributed by atoms with van der Waals surface area (Å²) in [5.74, 6) is 0. The molecule has 0 heterocycles. The van der Waals surface area contributed by atoms with Crippen LogP contribution in [0.1, 0.15) is 28.4 Å². The van der Waals surface area contributed by atoms with E-state index >= 15 is 0 Å². The minimum absolute atomic E-state index is 0.508. The van der Waals surface area contributed by atoms with Crippen molar-refractivity contribution in [2.45, 2.75) is 12.5 Å². The predicted octanol–water partition coefficient (Wildman–Crippen LogP) is 3.83. The fourth-order valence-electron chi connectivity index (χ4n) is 3.14. The van der Waals surface area contributed by atoms with Crippen LogP contribution in [0.15, 0.2) is 60.7 Å². The minimum atomic E-state index is -0.508. The molecular formula is C18H14O. The molecule has 0 aliphatic heterocycles. The molecule has 0 fully saturated rings. The Hall–Kier alpha value is -2.12. The fraction of sp³-hybridized carbons (Fsp3) is 0.111. The van der Waals surface area contributed by atoms with Gasteiger partial charge < -0.3 is 5.11 Å². The minimum Gasteiger partial charge on any atom is -0.384 e. The van der Waals surface area contributed by atoms with Crippen LogP contribution in [0.25, 0.3) is 10.8 Å². The number of benzene rings is 3. The summed E-state index contributed by atoms with van der Waals surface area (Å²) in [4.78, 5) is 0. The van der Waals surface area contributed by atoms with E-state index in [1.54, 1.807) is 0 Å². The van der Waals surface area contributed by atoms with E-state index in [0.717, 1.165) is 17.5 Å². The van der Waals surface area contributed by atoms with Crippen LogP contribution in [-0.2, 0) is 6.42 Å². The van der Waals surface area contributed by atoms with Crippen molar-refractivity contribution in [1.82, 2.24) is 0 Å². The van der Waals surface area contributed by atoms with Gasteiger partial charge in [0.15, 0.2) is 0 Å². The SMILES string of the molecule is OC1c2ccccc2Cc2ccc3ccccc3c21. The largest absolute Gasteiger partial charge is 0.384 e. The van der Waals surface area contributed by atoms with Crippen molar-refractivity contribution in [2.75, 3.05) is 0 Å². The summed E-state index contributed by atoms with van der Waals surface area (Å²) in [6, 6.07) is 20.8. The van der Waals surface area contributed by atoms with Crippen LogP contribution >= 0.6 is 0 Å². The average Bonchev–Trinajstić information content (AvgIpc) is 2.47. The molecule has 3 aromatic carbocycles. The van der Waals surface area contributed by atoms with Crippen LogP contribution in [-0.4, -0.2) is 5.11 Å². The van der Waals surface area contributed by atoms with Crippen LogP contribution in [0.4, 0.5) is 0 Å². The van der Waals surface area contributed by atoms with Gasteiger partial charge in [0, 0.05) is 0 Å². The molecule has 92 valence electrons. The van der Waals surface area contributed by atoms with Crippen LogP contribution in [0, 0.1) is 0 Å². The molecule has 1 N–H and O–H groups in total. The Bertz CT molecular complexity index is 773. The Balaban J connectivity index is 2.04. The second-order valence-electron chi connectivity index (χ2n) is 5.14. The van der Waals surface area contributed by atoms with E-state index in [0.29, 0.717) is 0 Å². The van der Waals surface area contributed by atoms with E-state index in [9.17, 15) is 5.11 Å². The normalized spacial score (nSPS) is 17.0. The van der Waals surface area contributed by atoms with E-state index in [1.807, 2.05) is 30.3 Å². The number of hydrogen-bond donors (Lipinski definition) is 1. The number of rotatable bonds is 0. The maximum absolute atomic E-state index is 10.7. The van der Waals surface area contributed by atoms with Gasteiger partial charge in [0.1, 0.15) is 6.10 Å². The predicted molar refractivity (Wildman–Crippen MR) is 77.3 cm³/mol. The lowest BCUT2D eigenvalue weighted by molar-refractivity contribution is 0.217. The summed E-state index contributed by atoms with van der Waals surface area (Å²) >= 11 is 0. The molecule has 4 rings (SSSR count). The van der Waals surface area contributed by atoms with Gasteiger partial charge in [-0.15, -0.1) is 0 Å². The second kappa shape index (κ2) is 3.94. The Morgan fingerprint density at radius 1 is 0.789 bits per heavy atom. The van der Waals surface area contributed by atoms with E-state index in [2.05, 4.69) is 30.3 Å². The van der Waals surface area contributed by atoms with Gasteiger partial charge in [-0.05, 0) is 39.4 Å². The van der Waals surface area contributed by atoms with Gasteiger partial charge in [0.05, 0.1) is 0 Å². The van der Waals surface area contributed by atoms with Crippen LogP contribution in [0.5, 0.6) is 0 Å². The molecular weight excluding hydrogens is 232 g/mol. The molecule has 3 aromatic rings. The quantitative estimate of drug-likeness (QED) is 0.639. The summed E-state index contributed by atoms with van der Waals surface area (Å²) in [5, 5.41) is 13.1. The third-order valence-corrected chi connectivity index (χ3v) is 4.07. The molecule has 0 saturated carbocycles. The molecule has 1 aliphatic carbocycles. The lowest BCUT2D eigenvalue weighted by Crippen LogP contribution is -2.13. The standard InChI is InChI=1S/C18H14O/c19-18-16-8-4-2-6-13(16)11-14-10-9-12-5-1-3-7-15(12)17(14)18/h1-10,18-19H,11H2. The molecule has 1 atom stereocenters. The molecule has 1 unspecified atom stereocenters. The zero-order valence-corrected chi connectivity index (χ0v) is 10.5. The van der Waals surface area contributed by atoms with E-state index < -0.39 is 6.10 Å². The molecule has 0 amide bonds. The Morgan fingerprint density at radius 3 is 2.53 bits per heavy atom. The third-order valence-electron chi connectivity index (χ3n) is 4.07. The Kier molecular flexibility index (Phi) is 2.23. The van der Waals surface area contributed by atoms with Crippen molar-refractivity contribution in [3.63, 3.8) is 0 Å². The van der Waals surface area contributed by atoms with Gasteiger partial charge in [-0.3, -0.25) is 0 Å². The van der Waals surface area contributed by atoms with Gasteiger partial charge in [-0.2, -0.15) is 0 Å². The Labute approximate surface area is 112 Å². The molecule has 1 heteroatoms. The van der Waals surface area contributed by atoms with Gasteiger partial charge in [-0.25, -0.2) is 0 Å². The maximum Gasteiger partial charge on any atom is 0.105 e. The summed E-state index contributed by atoms with van der Waals surface area (Å²) in [6.07, 6.45) is 0.402. The molecule has 0 bridgehead atoms. The van der Waals surface area contributed by atoms with E-state index in [4.69, 9.17) is 0 Å². The lowest BCUT2D eigenvalue weighted by Gasteiger charge is -2.26. The topological polar surface area (TPSA) is 20.2 Å². The van der Waals surface area contributed by atoms with Crippen molar-refractivity contribution >= 4 is 10.8 Å². The van der Waals surface area contributed by atoms with Gasteiger partial charge in [0.25, 0.3) is 0 Å². The van der Waals surface area contributed by atoms with Crippen molar-refractivity contribution in [3.05, 3.63) is 82.9 Å². The number of fused-ring (bicyclic) bond motifs is 4. The van der Waals surface area contributed by atoms with Crippen molar-refractivity contribution in [1.29, 1.82) is 0 Å². The highest BCUT2D eigenvalue weighted by atomic mass is 16.3. The maximum atomic E-state index is 10.7. The van der Waals surface area contributed by atoms with Gasteiger partial charge in [-0.1, -0.05) is 60.7 Å². The molecule has 19 heavy (non-hydrogen) atoms. The van der Waals surface area contributed by atoms with E-state index in [1.165, 1.54) is 21.9 Å². The highest BCUT2D eigenvalue weighted by molar-refractivity contribution is 5.88. The molecule has 0 aromatic heterocycles. The molecule has 1 aliphatic rings. The Morgan fingerprint density at radius 2 is 1.58 bits per heavy atom. The first-order valence-corrected chi connectivity index (χ1v) is 6.61. The molecule has 0 spiro atoms. The highest BCUT2D eigenvalue weighted by Crippen LogP contribution is 2.38. The summed E-state index contributed by atoms with van der Waals surface area (Å²) in [6.45, 7) is 0. The lowest BCUT2D eigenvalue weighted by atomic mass is 9.81. The van der Waals surface area contributed by atoms with Crippen LogP contribution in [0.2, 0.25) is 0 Å². The van der Waals surface area contributed by atoms with Crippen molar-refractivity contribution in [2.24, 2.45) is 0 Å². The second-order valence-corrected chi connectivity index (χ2v) is 5.14. The monoisotopic (exact) mass is 246 g/mol. The smallest absolute Gasteiger partial charge is 0.105 e. The van der Waals surface area contributed by atoms with Crippen molar-refractivity contribution < 1.29 is 5.11 Å². The van der Waals surface area contributed by atoms with Gasteiger partial charge in [0.2, 0.25) is 0 Å². The number of hydrogen-bond acceptors (Lipinski definition) is 1. The zero-order valence-electron chi connectivity index (χ0n) is 10.5. The summed E-state index contributed by atoms with van der Waals surface area (Å²) < 4.78 is 0. The van der Waals surface area contributed by atoms with Gasteiger partial charge >= 0.3 is 0 Å². The molecule has 0 saturated heterocycles. The number of aliphatic hydroxyl groups is 1. The van der Waals surface area contributed by atoms with Crippen LogP contribution in [0.3, 0.4) is 0 Å². The first-order valence-electron chi connectivity index (χ1n) is 6.61. The summed E-state index contributed by atoms with van der Waals surface area (Å²) in [7, 11) is 0. The van der Waals surface area contributed by atoms with Crippen molar-refractivity contribution in [3.8, 4) is 0 Å².